The summed E-state index contributed by atoms with van der Waals surface area (Å²) in [4.78, 5) is 21.1. The van der Waals surface area contributed by atoms with E-state index in [1.54, 1.807) is 18.2 Å². The van der Waals surface area contributed by atoms with E-state index in [0.717, 1.165) is 0 Å². The van der Waals surface area contributed by atoms with E-state index in [1.807, 2.05) is 0 Å². The van der Waals surface area contributed by atoms with Gasteiger partial charge < -0.3 is 9.84 Å². The summed E-state index contributed by atoms with van der Waals surface area (Å²) in [6.45, 7) is 0. The zero-order chi connectivity index (χ0) is 16.8. The van der Waals surface area contributed by atoms with Gasteiger partial charge in [-0.05, 0) is 36.4 Å². The number of nitro benzene ring substituents is 1. The number of hydrogen-bond donors (Lipinski definition) is 2. The van der Waals surface area contributed by atoms with Crippen LogP contribution < -0.4 is 10.2 Å². The minimum absolute atomic E-state index is 0.151. The van der Waals surface area contributed by atoms with E-state index in [1.165, 1.54) is 37.6 Å². The molecule has 0 heterocycles. The van der Waals surface area contributed by atoms with Crippen LogP contribution in [-0.4, -0.2) is 29.3 Å². The van der Waals surface area contributed by atoms with E-state index in [4.69, 9.17) is 9.84 Å². The monoisotopic (exact) mass is 315 g/mol. The summed E-state index contributed by atoms with van der Waals surface area (Å²) in [6, 6.07) is 10.5. The molecule has 0 fully saturated rings. The van der Waals surface area contributed by atoms with Crippen LogP contribution in [0.25, 0.3) is 0 Å². The van der Waals surface area contributed by atoms with Gasteiger partial charge in [-0.1, -0.05) is 0 Å². The molecular weight excluding hydrogens is 302 g/mol. The molecule has 0 aromatic heterocycles. The number of carbonyl (C=O) groups is 1. The van der Waals surface area contributed by atoms with Crippen LogP contribution >= 0.6 is 0 Å². The first kappa shape index (κ1) is 16.0. The standard InChI is InChI=1S/C15H13N3O5/c1-23-14-7-2-10(8-13(14)18(21)22)9-16-17-12-5-3-11(4-6-12)15(19)20/h2-9,17H,1H3,(H,19,20)/b16-9+. The predicted molar refractivity (Wildman–Crippen MR) is 84.3 cm³/mol. The number of methoxy groups -OCH3 is 1. The van der Waals surface area contributed by atoms with Gasteiger partial charge in [0.1, 0.15) is 0 Å². The van der Waals surface area contributed by atoms with Gasteiger partial charge in [0.2, 0.25) is 0 Å². The molecule has 8 heteroatoms. The molecule has 0 unspecified atom stereocenters. The molecule has 0 atom stereocenters. The van der Waals surface area contributed by atoms with Gasteiger partial charge in [0.25, 0.3) is 0 Å². The van der Waals surface area contributed by atoms with Gasteiger partial charge in [0, 0.05) is 11.6 Å². The molecule has 0 spiro atoms. The van der Waals surface area contributed by atoms with Gasteiger partial charge in [0.05, 0.1) is 29.5 Å². The second-order valence-corrected chi connectivity index (χ2v) is 4.44. The van der Waals surface area contributed by atoms with E-state index in [-0.39, 0.29) is 17.0 Å². The maximum absolute atomic E-state index is 10.9. The largest absolute Gasteiger partial charge is 0.490 e. The Morgan fingerprint density at radius 3 is 2.57 bits per heavy atom. The zero-order valence-corrected chi connectivity index (χ0v) is 12.1. The van der Waals surface area contributed by atoms with E-state index in [0.29, 0.717) is 11.3 Å². The molecule has 8 nitrogen and oxygen atoms in total. The Kier molecular flexibility index (Phi) is 4.88. The molecule has 0 saturated carbocycles. The number of hydrogen-bond acceptors (Lipinski definition) is 6. The van der Waals surface area contributed by atoms with Crippen LogP contribution in [0.3, 0.4) is 0 Å². The number of carboxylic acid groups (broad SMARTS) is 1. The Labute approximate surface area is 131 Å². The number of carboxylic acids is 1. The van der Waals surface area contributed by atoms with Crippen molar-refractivity contribution in [1.82, 2.24) is 0 Å². The highest BCUT2D eigenvalue weighted by molar-refractivity contribution is 5.88. The first-order valence-corrected chi connectivity index (χ1v) is 6.46. The van der Waals surface area contributed by atoms with Gasteiger partial charge in [-0.15, -0.1) is 0 Å². The average Bonchev–Trinajstić information content (AvgIpc) is 2.55. The quantitative estimate of drug-likeness (QED) is 0.481. The first-order valence-electron chi connectivity index (χ1n) is 6.46. The zero-order valence-electron chi connectivity index (χ0n) is 12.1. The predicted octanol–water partition coefficient (Wildman–Crippen LogP) is 2.75. The molecule has 0 aliphatic heterocycles. The molecule has 2 rings (SSSR count). The number of nitro groups is 1. The molecule has 2 aromatic rings. The summed E-state index contributed by atoms with van der Waals surface area (Å²) in [7, 11) is 1.36. The number of hydrazone groups is 1. The van der Waals surface area contributed by atoms with Crippen molar-refractivity contribution in [2.45, 2.75) is 0 Å². The Hall–Kier alpha value is -3.42. The van der Waals surface area contributed by atoms with Crippen LogP contribution in [-0.2, 0) is 0 Å². The Bertz CT molecular complexity index is 756. The fourth-order valence-corrected chi connectivity index (χ4v) is 1.80. The van der Waals surface area contributed by atoms with E-state index >= 15 is 0 Å². The lowest BCUT2D eigenvalue weighted by Gasteiger charge is -2.03. The molecule has 2 N–H and O–H groups in total. The third-order valence-electron chi connectivity index (χ3n) is 2.94. The third-order valence-corrected chi connectivity index (χ3v) is 2.94. The summed E-state index contributed by atoms with van der Waals surface area (Å²) in [5.74, 6) is -0.838. The smallest absolute Gasteiger partial charge is 0.335 e. The topological polar surface area (TPSA) is 114 Å². The van der Waals surface area contributed by atoms with Gasteiger partial charge >= 0.3 is 11.7 Å². The number of nitrogens with one attached hydrogen (secondary N) is 1. The van der Waals surface area contributed by atoms with Crippen LogP contribution in [0.1, 0.15) is 15.9 Å². The molecule has 0 bridgehead atoms. The normalized spacial score (nSPS) is 10.5. The van der Waals surface area contributed by atoms with Crippen molar-refractivity contribution in [3.63, 3.8) is 0 Å². The van der Waals surface area contributed by atoms with Crippen LogP contribution in [0.4, 0.5) is 11.4 Å². The number of benzene rings is 2. The van der Waals surface area contributed by atoms with E-state index < -0.39 is 10.9 Å². The molecule has 2 aromatic carbocycles. The minimum atomic E-state index is -1.01. The van der Waals surface area contributed by atoms with E-state index in [9.17, 15) is 14.9 Å². The van der Waals surface area contributed by atoms with Crippen LogP contribution in [0.2, 0.25) is 0 Å². The molecule has 0 amide bonds. The average molecular weight is 315 g/mol. The van der Waals surface area contributed by atoms with Gasteiger partial charge in [-0.2, -0.15) is 5.10 Å². The highest BCUT2D eigenvalue weighted by Crippen LogP contribution is 2.26. The van der Waals surface area contributed by atoms with Crippen LogP contribution in [0.5, 0.6) is 5.75 Å². The molecule has 0 aliphatic carbocycles. The van der Waals surface area contributed by atoms with Crippen molar-refractivity contribution in [2.75, 3.05) is 12.5 Å². The second-order valence-electron chi connectivity index (χ2n) is 4.44. The number of rotatable bonds is 6. The van der Waals surface area contributed by atoms with Crippen molar-refractivity contribution in [3.05, 3.63) is 63.7 Å². The highest BCUT2D eigenvalue weighted by Gasteiger charge is 2.14. The Morgan fingerprint density at radius 2 is 2.00 bits per heavy atom. The molecular formula is C15H13N3O5. The number of nitrogens with zero attached hydrogens (tertiary/aromatic N) is 2. The molecule has 0 radical (unpaired) electrons. The summed E-state index contributed by atoms with van der Waals surface area (Å²) in [5.41, 5.74) is 3.85. The Balaban J connectivity index is 2.09. The first-order chi connectivity index (χ1) is 11.0. The number of ether oxygens (including phenoxy) is 1. The highest BCUT2D eigenvalue weighted by atomic mass is 16.6. The fraction of sp³-hybridized carbons (Fsp3) is 0.0667. The van der Waals surface area contributed by atoms with Crippen LogP contribution in [0, 0.1) is 10.1 Å². The maximum atomic E-state index is 10.9. The molecule has 0 saturated heterocycles. The Morgan fingerprint density at radius 1 is 1.30 bits per heavy atom. The lowest BCUT2D eigenvalue weighted by atomic mass is 10.2. The second kappa shape index (κ2) is 7.03. The van der Waals surface area contributed by atoms with Crippen molar-refractivity contribution in [1.29, 1.82) is 0 Å². The summed E-state index contributed by atoms with van der Waals surface area (Å²) in [6.07, 6.45) is 1.41. The van der Waals surface area contributed by atoms with Gasteiger partial charge in [0.15, 0.2) is 5.75 Å². The molecule has 23 heavy (non-hydrogen) atoms. The lowest BCUT2D eigenvalue weighted by Crippen LogP contribution is -1.97. The van der Waals surface area contributed by atoms with Crippen molar-refractivity contribution < 1.29 is 19.6 Å². The van der Waals surface area contributed by atoms with E-state index in [2.05, 4.69) is 10.5 Å². The minimum Gasteiger partial charge on any atom is -0.490 e. The SMILES string of the molecule is COc1ccc(/C=N/Nc2ccc(C(=O)O)cc2)cc1[N+](=O)[O-]. The van der Waals surface area contributed by atoms with Crippen molar-refractivity contribution >= 4 is 23.6 Å². The summed E-state index contributed by atoms with van der Waals surface area (Å²) < 4.78 is 4.92. The number of anilines is 1. The lowest BCUT2D eigenvalue weighted by molar-refractivity contribution is -0.385. The molecule has 118 valence electrons. The van der Waals surface area contributed by atoms with Crippen molar-refractivity contribution in [3.8, 4) is 5.75 Å². The third kappa shape index (κ3) is 4.03. The summed E-state index contributed by atoms with van der Waals surface area (Å²) in [5, 5.41) is 23.7. The van der Waals surface area contributed by atoms with Crippen molar-refractivity contribution in [2.24, 2.45) is 5.10 Å². The van der Waals surface area contributed by atoms with Gasteiger partial charge in [-0.3, -0.25) is 15.5 Å². The fourth-order valence-electron chi connectivity index (χ4n) is 1.80. The van der Waals surface area contributed by atoms with Crippen LogP contribution in [0.15, 0.2) is 47.6 Å². The summed E-state index contributed by atoms with van der Waals surface area (Å²) >= 11 is 0. The molecule has 0 aliphatic rings. The maximum Gasteiger partial charge on any atom is 0.335 e. The van der Waals surface area contributed by atoms with Gasteiger partial charge in [-0.25, -0.2) is 4.79 Å². The number of aromatic carboxylic acids is 1.